The molecule has 1 fully saturated rings. The molecule has 3 heterocycles. The summed E-state index contributed by atoms with van der Waals surface area (Å²) < 4.78 is 62.1. The van der Waals surface area contributed by atoms with Gasteiger partial charge in [0.1, 0.15) is 42.0 Å². The second-order valence-corrected chi connectivity index (χ2v) is 19.2. The number of nitrogens with zero attached hydrogens (tertiary/aromatic N) is 4. The molecule has 1 saturated heterocycles. The fourth-order valence-corrected chi connectivity index (χ4v) is 8.76. The summed E-state index contributed by atoms with van der Waals surface area (Å²) in [6.07, 6.45) is -2.84. The number of nitrogens with two attached hydrogens (primary N) is 1. The molecule has 0 aromatic carbocycles. The number of amides is 2. The van der Waals surface area contributed by atoms with Gasteiger partial charge in [-0.3, -0.25) is 32.5 Å². The number of aliphatic hydroxyl groups is 5. The first-order chi connectivity index (χ1) is 28.2. The lowest BCUT2D eigenvalue weighted by molar-refractivity contribution is -0.137. The van der Waals surface area contributed by atoms with E-state index in [-0.39, 0.29) is 53.6 Å². The van der Waals surface area contributed by atoms with Crippen molar-refractivity contribution < 1.29 is 95.8 Å². The number of fused-ring (bicyclic) bond motifs is 1. The predicted octanol–water partition coefficient (Wildman–Crippen LogP) is -1.33. The molecule has 2 unspecified atom stereocenters. The van der Waals surface area contributed by atoms with Crippen molar-refractivity contribution in [1.82, 2.24) is 30.2 Å². The van der Waals surface area contributed by atoms with Crippen molar-refractivity contribution in [2.75, 3.05) is 37.8 Å². The second-order valence-electron chi connectivity index (χ2n) is 13.9. The van der Waals surface area contributed by atoms with Gasteiger partial charge < -0.3 is 66.2 Å². The monoisotopic (exact) mass is 947 g/mol. The van der Waals surface area contributed by atoms with Crippen LogP contribution in [-0.4, -0.2) is 144 Å². The number of rotatable bonds is 21. The molecule has 2 aromatic rings. The van der Waals surface area contributed by atoms with Crippen LogP contribution in [0.15, 0.2) is 48.3 Å². The molecule has 1 aliphatic heterocycles. The van der Waals surface area contributed by atoms with E-state index >= 15 is 0 Å². The molecule has 2 amide bonds. The lowest BCUT2D eigenvalue weighted by Crippen LogP contribution is -2.46. The third-order valence-electron chi connectivity index (χ3n) is 8.44. The van der Waals surface area contributed by atoms with Crippen molar-refractivity contribution in [3.63, 3.8) is 0 Å². The normalized spacial score (nSPS) is 23.2. The van der Waals surface area contributed by atoms with E-state index in [0.717, 1.165) is 41.1 Å². The SMILES string of the molecule is CC(C)(COP(=O)(O)OP(=O)(O)OC[C@H]1O[C@@H](n2cnc3c(N)ncnc32)[C@H](O)[C@@H]1OP(=O)(O)O)[C@@H](O)C(=O)NCCC(=O)NCCSC(=O)/C=C/C1=C(O)CC(O)(O)C=C1. The highest BCUT2D eigenvalue weighted by Crippen LogP contribution is 2.61. The van der Waals surface area contributed by atoms with Gasteiger partial charge in [0.15, 0.2) is 23.5 Å². The summed E-state index contributed by atoms with van der Waals surface area (Å²) >= 11 is 0.846. The van der Waals surface area contributed by atoms with Gasteiger partial charge in [-0.2, -0.15) is 4.31 Å². The Balaban J connectivity index is 1.19. The van der Waals surface area contributed by atoms with E-state index in [1.54, 1.807) is 0 Å². The highest BCUT2D eigenvalue weighted by Gasteiger charge is 2.50. The number of nitrogens with one attached hydrogen (secondary N) is 2. The number of carbonyl (C=O) groups is 3. The van der Waals surface area contributed by atoms with E-state index < -0.39 is 102 Å². The molecule has 13 N–H and O–H groups in total. The topological polar surface area (TPSA) is 424 Å². The highest BCUT2D eigenvalue weighted by atomic mass is 32.2. The smallest absolute Gasteiger partial charge is 0.481 e. The number of hydrogen-bond acceptors (Lipinski definition) is 21. The van der Waals surface area contributed by atoms with Gasteiger partial charge in [0.2, 0.25) is 16.9 Å². The lowest BCUT2D eigenvalue weighted by atomic mass is 9.87. The summed E-state index contributed by atoms with van der Waals surface area (Å²) in [4.78, 5) is 87.8. The molecule has 2 aliphatic rings. The largest absolute Gasteiger partial charge is 0.511 e. The van der Waals surface area contributed by atoms with Gasteiger partial charge in [-0.05, 0) is 18.2 Å². The molecular formula is C30H44N7O20P3S. The van der Waals surface area contributed by atoms with Gasteiger partial charge in [0, 0.05) is 36.3 Å². The van der Waals surface area contributed by atoms with E-state index in [0.29, 0.717) is 0 Å². The summed E-state index contributed by atoms with van der Waals surface area (Å²) in [5.74, 6) is -3.95. The average Bonchev–Trinajstić information content (AvgIpc) is 3.70. The van der Waals surface area contributed by atoms with Gasteiger partial charge >= 0.3 is 23.5 Å². The maximum Gasteiger partial charge on any atom is 0.481 e. The van der Waals surface area contributed by atoms with E-state index in [1.807, 2.05) is 0 Å². The average molecular weight is 948 g/mol. The first kappa shape index (κ1) is 50.1. The van der Waals surface area contributed by atoms with Gasteiger partial charge in [0.25, 0.3) is 0 Å². The number of imidazole rings is 1. The summed E-state index contributed by atoms with van der Waals surface area (Å²) in [7, 11) is -16.5. The summed E-state index contributed by atoms with van der Waals surface area (Å²) in [6.45, 7) is 0.158. The maximum absolute atomic E-state index is 12.7. The molecule has 7 atom stereocenters. The fraction of sp³-hybridized carbons (Fsp3) is 0.533. The number of ether oxygens (including phenoxy) is 1. The molecule has 61 heavy (non-hydrogen) atoms. The van der Waals surface area contributed by atoms with E-state index in [1.165, 1.54) is 26.0 Å². The van der Waals surface area contributed by atoms with Crippen LogP contribution < -0.4 is 16.4 Å². The van der Waals surface area contributed by atoms with Crippen LogP contribution in [0.4, 0.5) is 5.82 Å². The molecule has 4 rings (SSSR count). The third-order valence-corrected chi connectivity index (χ3v) is 12.4. The Bertz CT molecular complexity index is 2180. The van der Waals surface area contributed by atoms with Crippen LogP contribution in [0.2, 0.25) is 0 Å². The number of nitrogen functional groups attached to an aromatic ring is 1. The molecule has 0 saturated carbocycles. The number of phosphoric ester groups is 3. The third kappa shape index (κ3) is 14.8. The van der Waals surface area contributed by atoms with Crippen LogP contribution in [0.3, 0.4) is 0 Å². The Hall–Kier alpha value is -3.50. The first-order valence-corrected chi connectivity index (χ1v) is 23.0. The Morgan fingerprint density at radius 3 is 2.46 bits per heavy atom. The Morgan fingerprint density at radius 1 is 1.10 bits per heavy atom. The summed E-state index contributed by atoms with van der Waals surface area (Å²) in [5.41, 5.74) is 4.41. The van der Waals surface area contributed by atoms with E-state index in [9.17, 15) is 73.2 Å². The van der Waals surface area contributed by atoms with Crippen molar-refractivity contribution in [1.29, 1.82) is 0 Å². The number of aliphatic hydroxyl groups excluding tert-OH is 3. The number of allylic oxidation sites excluding steroid dienone is 3. The Kier molecular flexibility index (Phi) is 16.7. The number of phosphoric acid groups is 3. The molecule has 31 heteroatoms. The van der Waals surface area contributed by atoms with Crippen LogP contribution in [0.25, 0.3) is 11.2 Å². The van der Waals surface area contributed by atoms with Crippen LogP contribution in [0.5, 0.6) is 0 Å². The minimum absolute atomic E-state index is 0.0162. The van der Waals surface area contributed by atoms with Crippen molar-refractivity contribution in [2.24, 2.45) is 5.41 Å². The lowest BCUT2D eigenvalue weighted by Gasteiger charge is -2.30. The van der Waals surface area contributed by atoms with Gasteiger partial charge in [-0.15, -0.1) is 0 Å². The first-order valence-electron chi connectivity index (χ1n) is 17.5. The van der Waals surface area contributed by atoms with Crippen molar-refractivity contribution in [3.05, 3.63) is 48.3 Å². The zero-order valence-corrected chi connectivity index (χ0v) is 35.4. The number of hydrogen-bond donors (Lipinski definition) is 12. The Morgan fingerprint density at radius 2 is 1.79 bits per heavy atom. The van der Waals surface area contributed by atoms with Crippen LogP contribution in [0, 0.1) is 5.41 Å². The standard InChI is InChI=1S/C30H44N7O20P3S/c1-29(2,24(42)27(43)33-8-6-19(39)32-9-10-61-20(40)4-3-16-5-7-30(44,45)11-17(16)38)13-54-60(51,52)57-59(49,50)53-12-18-23(56-58(46,47)48)22(41)28(55-18)37-15-36-21-25(31)34-14-35-26(21)37/h3-5,7,14-15,18,22-24,28,38,41-42,44-45H,6,8-13H2,1-2H3,(H,32,39)(H,33,43)(H,49,50)(H,51,52)(H2,31,34,35)(H2,46,47,48)/b4-3+/t18-,22-,23-,24+,28-/m1/s1. The van der Waals surface area contributed by atoms with Gasteiger partial charge in [-0.1, -0.05) is 31.7 Å². The van der Waals surface area contributed by atoms with Crippen molar-refractivity contribution >= 4 is 69.1 Å². The number of carbonyl (C=O) groups excluding carboxylic acids is 3. The number of thioether (sulfide) groups is 1. The maximum atomic E-state index is 12.7. The van der Waals surface area contributed by atoms with Gasteiger partial charge in [0.05, 0.1) is 26.0 Å². The van der Waals surface area contributed by atoms with Crippen molar-refractivity contribution in [3.8, 4) is 0 Å². The minimum atomic E-state index is -5.60. The zero-order chi connectivity index (χ0) is 45.6. The molecule has 340 valence electrons. The van der Waals surface area contributed by atoms with Crippen LogP contribution in [-0.2, 0) is 50.7 Å². The minimum Gasteiger partial charge on any atom is -0.511 e. The van der Waals surface area contributed by atoms with E-state index in [4.69, 9.17) is 19.5 Å². The quantitative estimate of drug-likeness (QED) is 0.0299. The second kappa shape index (κ2) is 20.3. The molecule has 0 bridgehead atoms. The molecule has 2 aromatic heterocycles. The summed E-state index contributed by atoms with van der Waals surface area (Å²) in [6, 6.07) is 0. The zero-order valence-electron chi connectivity index (χ0n) is 31.9. The van der Waals surface area contributed by atoms with E-state index in [2.05, 4.69) is 34.4 Å². The molecule has 27 nitrogen and oxygen atoms in total. The molecule has 0 spiro atoms. The van der Waals surface area contributed by atoms with Gasteiger partial charge in [-0.25, -0.2) is 28.6 Å². The van der Waals surface area contributed by atoms with Crippen LogP contribution in [0.1, 0.15) is 32.9 Å². The number of aromatic nitrogens is 4. The molecular weight excluding hydrogens is 903 g/mol. The Labute approximate surface area is 349 Å². The molecule has 0 radical (unpaired) electrons. The molecule has 1 aliphatic carbocycles. The fourth-order valence-electron chi connectivity index (χ4n) is 5.37. The predicted molar refractivity (Wildman–Crippen MR) is 207 cm³/mol. The number of anilines is 1. The summed E-state index contributed by atoms with van der Waals surface area (Å²) in [5, 5.41) is 54.7. The van der Waals surface area contributed by atoms with Crippen molar-refractivity contribution in [2.45, 2.75) is 63.1 Å². The highest BCUT2D eigenvalue weighted by molar-refractivity contribution is 8.14. The van der Waals surface area contributed by atoms with Crippen LogP contribution >= 0.6 is 35.2 Å².